The summed E-state index contributed by atoms with van der Waals surface area (Å²) < 4.78 is 11.2. The molecule has 1 heterocycles. The van der Waals surface area contributed by atoms with Crippen molar-refractivity contribution in [2.75, 3.05) is 13.2 Å². The van der Waals surface area contributed by atoms with Gasteiger partial charge in [-0.3, -0.25) is 4.79 Å². The molecule has 1 rings (SSSR count). The maximum Gasteiger partial charge on any atom is 0.249 e. The van der Waals surface area contributed by atoms with Gasteiger partial charge in [-0.05, 0) is 96.3 Å². The number of nitrogens with one attached hydrogen (secondary N) is 1. The van der Waals surface area contributed by atoms with Crippen LogP contribution in [0.1, 0.15) is 380 Å². The highest BCUT2D eigenvalue weighted by molar-refractivity contribution is 5.80. The summed E-state index contributed by atoms with van der Waals surface area (Å²) in [6.07, 6.45) is 82.0. The Kier molecular flexibility index (Phi) is 65.6. The first-order valence-corrected chi connectivity index (χ1v) is 39.7. The van der Waals surface area contributed by atoms with Crippen LogP contribution in [0.2, 0.25) is 0 Å². The van der Waals surface area contributed by atoms with Crippen LogP contribution in [-0.4, -0.2) is 110 Å². The van der Waals surface area contributed by atoms with E-state index in [9.17, 15) is 40.5 Å². The summed E-state index contributed by atoms with van der Waals surface area (Å²) in [5.74, 6) is -0.708. The van der Waals surface area contributed by atoms with Gasteiger partial charge in [0.15, 0.2) is 6.29 Å². The van der Waals surface area contributed by atoms with Gasteiger partial charge in [-0.15, -0.1) is 0 Å². The van der Waals surface area contributed by atoms with Crippen molar-refractivity contribution in [1.82, 2.24) is 5.32 Å². The molecule has 92 heavy (non-hydrogen) atoms. The zero-order chi connectivity index (χ0) is 66.7. The highest BCUT2D eigenvalue weighted by atomic mass is 16.7. The van der Waals surface area contributed by atoms with Gasteiger partial charge in [0, 0.05) is 0 Å². The number of unbranched alkanes of at least 4 members (excludes halogenated alkanes) is 48. The molecule has 540 valence electrons. The third-order valence-corrected chi connectivity index (χ3v) is 19.0. The summed E-state index contributed by atoms with van der Waals surface area (Å²) in [7, 11) is 0. The van der Waals surface area contributed by atoms with Gasteiger partial charge in [0.05, 0.1) is 25.4 Å². The second kappa shape index (κ2) is 68.7. The number of aliphatic hydroxyl groups excluding tert-OH is 7. The maximum atomic E-state index is 13.3. The standard InChI is InChI=1S/C81H151NO10/c1-3-5-7-9-11-13-15-17-19-21-23-25-27-29-31-33-34-35-36-37-38-39-41-43-45-47-49-51-53-55-57-59-61-63-65-67-69-74(85)80(90)82-72(71-91-81-79(89)78(88)77(87)75(70-83)92-81)76(86)73(84)68-66-64-62-60-58-56-54-52-50-48-46-44-42-40-32-30-28-26-24-22-20-18-16-14-12-10-8-6-4-2/h31,33,35-36,44,46,52,54,60,62,72-79,81,83-89H,3-30,32,34,37-43,45,47-51,53,55-59,61,63-71H2,1-2H3,(H,82,90)/b33-31-,36-35-,46-44+,54-52+,62-60+. The van der Waals surface area contributed by atoms with Gasteiger partial charge in [0.1, 0.15) is 36.6 Å². The fraction of sp³-hybridized carbons (Fsp3) is 0.864. The largest absolute Gasteiger partial charge is 0.394 e. The number of hydrogen-bond donors (Lipinski definition) is 8. The molecule has 11 nitrogen and oxygen atoms in total. The summed E-state index contributed by atoms with van der Waals surface area (Å²) in [5, 5.41) is 76.6. The molecule has 8 N–H and O–H groups in total. The summed E-state index contributed by atoms with van der Waals surface area (Å²) in [4.78, 5) is 13.3. The van der Waals surface area contributed by atoms with E-state index < -0.39 is 74.2 Å². The molecule has 0 saturated carbocycles. The van der Waals surface area contributed by atoms with Crippen LogP contribution in [0.5, 0.6) is 0 Å². The first-order chi connectivity index (χ1) is 45.2. The molecule has 0 radical (unpaired) electrons. The van der Waals surface area contributed by atoms with Gasteiger partial charge in [-0.1, -0.05) is 344 Å². The Morgan fingerprint density at radius 3 is 1.03 bits per heavy atom. The number of rotatable bonds is 70. The molecule has 0 aromatic rings. The fourth-order valence-corrected chi connectivity index (χ4v) is 12.7. The quantitative estimate of drug-likeness (QED) is 0.0215. The predicted octanol–water partition coefficient (Wildman–Crippen LogP) is 20.4. The van der Waals surface area contributed by atoms with Crippen LogP contribution in [-0.2, 0) is 14.3 Å². The molecule has 1 amide bonds. The van der Waals surface area contributed by atoms with Crippen LogP contribution >= 0.6 is 0 Å². The average Bonchev–Trinajstić information content (AvgIpc) is 0.946. The van der Waals surface area contributed by atoms with E-state index in [1.807, 2.05) is 0 Å². The van der Waals surface area contributed by atoms with E-state index in [4.69, 9.17) is 9.47 Å². The smallest absolute Gasteiger partial charge is 0.249 e. The van der Waals surface area contributed by atoms with E-state index in [-0.39, 0.29) is 12.8 Å². The van der Waals surface area contributed by atoms with E-state index >= 15 is 0 Å². The summed E-state index contributed by atoms with van der Waals surface area (Å²) in [5.41, 5.74) is 0. The third-order valence-electron chi connectivity index (χ3n) is 19.0. The SMILES string of the molecule is CCCCCCCCCCCCCCC/C=C\C/C=C\CCCCCCCCCCCCCCCCCCC(O)C(=O)NC(COC1OC(CO)C(O)C(O)C1O)C(O)C(O)CCC/C=C/CC/C=C/CC/C=C/CCCCCCCCCCCCCCCCCC. The Morgan fingerprint density at radius 2 is 0.685 bits per heavy atom. The molecule has 9 atom stereocenters. The Bertz CT molecular complexity index is 1690. The lowest BCUT2D eigenvalue weighted by Crippen LogP contribution is -2.60. The van der Waals surface area contributed by atoms with Crippen molar-refractivity contribution in [3.05, 3.63) is 60.8 Å². The van der Waals surface area contributed by atoms with Crippen molar-refractivity contribution in [3.8, 4) is 0 Å². The summed E-state index contributed by atoms with van der Waals surface area (Å²) >= 11 is 0. The lowest BCUT2D eigenvalue weighted by atomic mass is 9.98. The van der Waals surface area contributed by atoms with Crippen LogP contribution in [0, 0.1) is 0 Å². The Morgan fingerprint density at radius 1 is 0.380 bits per heavy atom. The van der Waals surface area contributed by atoms with Crippen molar-refractivity contribution in [2.45, 2.75) is 435 Å². The molecule has 0 spiro atoms. The first-order valence-electron chi connectivity index (χ1n) is 39.7. The van der Waals surface area contributed by atoms with Crippen molar-refractivity contribution >= 4 is 5.91 Å². The number of allylic oxidation sites excluding steroid dienone is 10. The number of carbonyl (C=O) groups excluding carboxylic acids is 1. The molecular weight excluding hydrogens is 1150 g/mol. The van der Waals surface area contributed by atoms with E-state index in [1.165, 1.54) is 283 Å². The molecule has 0 bridgehead atoms. The molecule has 1 aliphatic heterocycles. The van der Waals surface area contributed by atoms with E-state index in [0.717, 1.165) is 51.4 Å². The van der Waals surface area contributed by atoms with Gasteiger partial charge >= 0.3 is 0 Å². The molecule has 1 fully saturated rings. The van der Waals surface area contributed by atoms with Gasteiger partial charge < -0.3 is 50.5 Å². The molecule has 11 heteroatoms. The van der Waals surface area contributed by atoms with E-state index in [1.54, 1.807) is 0 Å². The van der Waals surface area contributed by atoms with Crippen LogP contribution < -0.4 is 5.32 Å². The molecule has 0 aromatic heterocycles. The van der Waals surface area contributed by atoms with Crippen LogP contribution in [0.15, 0.2) is 60.8 Å². The monoisotopic (exact) mass is 1300 g/mol. The Hall–Kier alpha value is -2.19. The molecule has 9 unspecified atom stereocenters. The normalized spacial score (nSPS) is 18.6. The van der Waals surface area contributed by atoms with Crippen molar-refractivity contribution in [3.63, 3.8) is 0 Å². The Labute approximate surface area is 567 Å². The average molecular weight is 1300 g/mol. The summed E-state index contributed by atoms with van der Waals surface area (Å²) in [6, 6.07) is -1.20. The van der Waals surface area contributed by atoms with Crippen molar-refractivity contribution in [2.24, 2.45) is 0 Å². The van der Waals surface area contributed by atoms with Crippen molar-refractivity contribution in [1.29, 1.82) is 0 Å². The highest BCUT2D eigenvalue weighted by Crippen LogP contribution is 2.24. The topological polar surface area (TPSA) is 189 Å². The fourth-order valence-electron chi connectivity index (χ4n) is 12.7. The van der Waals surface area contributed by atoms with Gasteiger partial charge in [0.2, 0.25) is 5.91 Å². The lowest BCUT2D eigenvalue weighted by molar-refractivity contribution is -0.303. The zero-order valence-corrected chi connectivity index (χ0v) is 60.0. The first kappa shape index (κ1) is 87.8. The number of amides is 1. The predicted molar refractivity (Wildman–Crippen MR) is 390 cm³/mol. The van der Waals surface area contributed by atoms with Gasteiger partial charge in [-0.2, -0.15) is 0 Å². The minimum Gasteiger partial charge on any atom is -0.394 e. The summed E-state index contributed by atoms with van der Waals surface area (Å²) in [6.45, 7) is 3.49. The van der Waals surface area contributed by atoms with E-state index in [2.05, 4.69) is 79.9 Å². The van der Waals surface area contributed by atoms with Gasteiger partial charge in [0.25, 0.3) is 0 Å². The maximum absolute atomic E-state index is 13.3. The Balaban J connectivity index is 2.17. The number of hydrogen-bond acceptors (Lipinski definition) is 10. The number of carbonyl (C=O) groups is 1. The highest BCUT2D eigenvalue weighted by Gasteiger charge is 2.44. The molecule has 0 aromatic carbocycles. The molecule has 0 aliphatic carbocycles. The van der Waals surface area contributed by atoms with Crippen LogP contribution in [0.3, 0.4) is 0 Å². The minimum atomic E-state index is -1.68. The van der Waals surface area contributed by atoms with Crippen molar-refractivity contribution < 1.29 is 50.0 Å². The van der Waals surface area contributed by atoms with Crippen LogP contribution in [0.4, 0.5) is 0 Å². The van der Waals surface area contributed by atoms with Crippen LogP contribution in [0.25, 0.3) is 0 Å². The second-order valence-corrected chi connectivity index (χ2v) is 27.8. The second-order valence-electron chi connectivity index (χ2n) is 27.8. The molecule has 1 saturated heterocycles. The molecule has 1 aliphatic rings. The number of ether oxygens (including phenoxy) is 2. The lowest BCUT2D eigenvalue weighted by Gasteiger charge is -2.40. The zero-order valence-electron chi connectivity index (χ0n) is 60.0. The molecular formula is C81H151NO10. The third kappa shape index (κ3) is 54.9. The van der Waals surface area contributed by atoms with E-state index in [0.29, 0.717) is 19.3 Å². The number of aliphatic hydroxyl groups is 7. The van der Waals surface area contributed by atoms with Gasteiger partial charge in [-0.25, -0.2) is 0 Å². The minimum absolute atomic E-state index is 0.241.